The van der Waals surface area contributed by atoms with E-state index in [2.05, 4.69) is 82.6 Å². The molecule has 0 amide bonds. The largest absolute Gasteiger partial charge is 0.391 e. The highest BCUT2D eigenvalue weighted by Gasteiger charge is 2.42. The first kappa shape index (κ1) is 29.7. The maximum absolute atomic E-state index is 10.7. The Kier molecular flexibility index (Phi) is 10.2. The van der Waals surface area contributed by atoms with E-state index in [1.807, 2.05) is 6.92 Å². The van der Waals surface area contributed by atoms with Crippen molar-refractivity contribution in [2.45, 2.75) is 97.0 Å². The minimum absolute atomic E-state index is 0.0373. The van der Waals surface area contributed by atoms with E-state index < -0.39 is 6.10 Å². The Hall–Kier alpha value is -2.32. The molecule has 218 valence electrons. The van der Waals surface area contributed by atoms with Crippen LogP contribution in [0, 0.1) is 17.2 Å². The molecular weight excluding hydrogens is 486 g/mol. The molecular formula is C31H53N7O. The number of hydrogen-bond acceptors (Lipinski definition) is 6. The first-order valence-corrected chi connectivity index (χ1v) is 15.3. The molecule has 0 aromatic heterocycles. The van der Waals surface area contributed by atoms with Crippen LogP contribution in [0.4, 0.5) is 0 Å². The smallest absolute Gasteiger partial charge is 0.194 e. The molecule has 3 heterocycles. The summed E-state index contributed by atoms with van der Waals surface area (Å²) in [6.07, 6.45) is 4.96. The molecule has 3 aliphatic heterocycles. The Balaban J connectivity index is 1.52. The van der Waals surface area contributed by atoms with Gasteiger partial charge in [0.25, 0.3) is 0 Å². The normalized spacial score (nSPS) is 25.8. The van der Waals surface area contributed by atoms with Crippen molar-refractivity contribution in [3.8, 4) is 0 Å². The van der Waals surface area contributed by atoms with Gasteiger partial charge in [-0.2, -0.15) is 0 Å². The van der Waals surface area contributed by atoms with Crippen molar-refractivity contribution in [2.75, 3.05) is 39.3 Å². The zero-order valence-corrected chi connectivity index (χ0v) is 25.0. The minimum Gasteiger partial charge on any atom is -0.391 e. The Morgan fingerprint density at radius 2 is 1.82 bits per heavy atom. The Morgan fingerprint density at radius 3 is 2.49 bits per heavy atom. The molecule has 8 heteroatoms. The molecule has 1 aromatic carbocycles. The van der Waals surface area contributed by atoms with Crippen molar-refractivity contribution in [1.29, 1.82) is 5.41 Å². The van der Waals surface area contributed by atoms with Crippen molar-refractivity contribution >= 4 is 11.9 Å². The second kappa shape index (κ2) is 13.4. The predicted molar refractivity (Wildman–Crippen MR) is 161 cm³/mol. The van der Waals surface area contributed by atoms with Crippen LogP contribution in [-0.4, -0.2) is 106 Å². The number of nitrogens with one attached hydrogen (secondary N) is 1. The van der Waals surface area contributed by atoms with Gasteiger partial charge in [0.1, 0.15) is 0 Å². The van der Waals surface area contributed by atoms with E-state index >= 15 is 0 Å². The highest BCUT2D eigenvalue weighted by molar-refractivity contribution is 5.80. The second-order valence-electron chi connectivity index (χ2n) is 12.8. The molecule has 0 aliphatic carbocycles. The third kappa shape index (κ3) is 7.26. The van der Waals surface area contributed by atoms with Gasteiger partial charge in [-0.25, -0.2) is 0 Å². The number of aliphatic hydroxyl groups is 1. The fourth-order valence-corrected chi connectivity index (χ4v) is 6.73. The minimum atomic E-state index is -0.475. The Morgan fingerprint density at radius 1 is 1.08 bits per heavy atom. The highest BCUT2D eigenvalue weighted by Crippen LogP contribution is 2.28. The molecule has 2 fully saturated rings. The number of guanidine groups is 2. The fraction of sp³-hybridized carbons (Fsp3) is 0.742. The molecule has 2 saturated heterocycles. The van der Waals surface area contributed by atoms with Crippen molar-refractivity contribution in [3.05, 3.63) is 35.9 Å². The van der Waals surface area contributed by atoms with E-state index in [0.29, 0.717) is 42.4 Å². The molecule has 3 aliphatic rings. The Labute approximate surface area is 236 Å². The summed E-state index contributed by atoms with van der Waals surface area (Å²) >= 11 is 0. The first-order valence-electron chi connectivity index (χ1n) is 15.3. The van der Waals surface area contributed by atoms with Gasteiger partial charge < -0.3 is 25.5 Å². The topological polar surface area (TPSA) is 95.4 Å². The summed E-state index contributed by atoms with van der Waals surface area (Å²) < 4.78 is 0. The molecule has 0 bridgehead atoms. The van der Waals surface area contributed by atoms with E-state index in [-0.39, 0.29) is 12.1 Å². The van der Waals surface area contributed by atoms with Crippen LogP contribution < -0.4 is 5.73 Å². The summed E-state index contributed by atoms with van der Waals surface area (Å²) in [5.41, 5.74) is 7.66. The van der Waals surface area contributed by atoms with Gasteiger partial charge in [-0.05, 0) is 63.0 Å². The number of nitrogens with zero attached hydrogens (tertiary/aromatic N) is 5. The van der Waals surface area contributed by atoms with E-state index in [0.717, 1.165) is 52.0 Å². The van der Waals surface area contributed by atoms with Crippen molar-refractivity contribution < 1.29 is 5.11 Å². The molecule has 0 radical (unpaired) electrons. The van der Waals surface area contributed by atoms with E-state index in [1.54, 1.807) is 0 Å². The molecule has 8 nitrogen and oxygen atoms in total. The van der Waals surface area contributed by atoms with Crippen LogP contribution in [0.15, 0.2) is 35.3 Å². The van der Waals surface area contributed by atoms with Crippen molar-refractivity contribution in [2.24, 2.45) is 22.6 Å². The zero-order chi connectivity index (χ0) is 28.1. The molecule has 5 atom stereocenters. The lowest BCUT2D eigenvalue weighted by Gasteiger charge is -2.38. The third-order valence-corrected chi connectivity index (χ3v) is 9.08. The van der Waals surface area contributed by atoms with Crippen molar-refractivity contribution in [1.82, 2.24) is 19.6 Å². The summed E-state index contributed by atoms with van der Waals surface area (Å²) in [5.74, 6) is 2.43. The number of hydrogen-bond donors (Lipinski definition) is 3. The quantitative estimate of drug-likeness (QED) is 0.355. The van der Waals surface area contributed by atoms with E-state index in [1.165, 1.54) is 18.4 Å². The van der Waals surface area contributed by atoms with Crippen LogP contribution in [0.2, 0.25) is 0 Å². The van der Waals surface area contributed by atoms with Crippen LogP contribution in [-0.2, 0) is 6.42 Å². The lowest BCUT2D eigenvalue weighted by Crippen LogP contribution is -2.53. The standard InChI is InChI=1S/C31H53N7O/c1-22(2)11-9-16-36-29(24(5)39)21-37(31(36)33)27(17-25-12-7-6-8-13-25)19-35-15-10-14-26(35)20-38-28(23(3)4)18-34-30(38)32/h6-8,12-13,22-24,26-29,33,39H,9-11,14-21H2,1-5H3,(H2,32,34)/t24-,26+,27-,28+,29+/m1/s1. The fourth-order valence-electron chi connectivity index (χ4n) is 6.73. The number of rotatable bonds is 13. The van der Waals surface area contributed by atoms with Gasteiger partial charge in [-0.15, -0.1) is 0 Å². The summed E-state index contributed by atoms with van der Waals surface area (Å²) in [6.45, 7) is 16.1. The van der Waals surface area contributed by atoms with Gasteiger partial charge in [-0.1, -0.05) is 58.0 Å². The lowest BCUT2D eigenvalue weighted by molar-refractivity contribution is 0.103. The van der Waals surface area contributed by atoms with Gasteiger partial charge in [0, 0.05) is 38.3 Å². The third-order valence-electron chi connectivity index (χ3n) is 9.08. The lowest BCUT2D eigenvalue weighted by atomic mass is 10.0. The zero-order valence-electron chi connectivity index (χ0n) is 25.0. The molecule has 4 N–H and O–H groups in total. The van der Waals surface area contributed by atoms with Crippen LogP contribution in [0.5, 0.6) is 0 Å². The summed E-state index contributed by atoms with van der Waals surface area (Å²) in [7, 11) is 0. The Bertz CT molecular complexity index is 950. The number of aliphatic imine (C=N–C) groups is 1. The number of nitrogens with two attached hydrogens (primary N) is 1. The molecule has 39 heavy (non-hydrogen) atoms. The van der Waals surface area contributed by atoms with Gasteiger partial charge in [0.15, 0.2) is 11.9 Å². The predicted octanol–water partition coefficient (Wildman–Crippen LogP) is 3.45. The van der Waals surface area contributed by atoms with Gasteiger partial charge in [-0.3, -0.25) is 15.3 Å². The van der Waals surface area contributed by atoms with E-state index in [9.17, 15) is 10.5 Å². The molecule has 0 unspecified atom stereocenters. The maximum Gasteiger partial charge on any atom is 0.194 e. The van der Waals surface area contributed by atoms with E-state index in [4.69, 9.17) is 5.73 Å². The SMILES string of the molecule is CC(C)CCCN1C(=N)N([C@H](Cc2ccccc2)CN2CCC[C@H]2CN2C(N)=NC[C@H]2C(C)C)C[C@H]1[C@@H](C)O. The molecule has 0 saturated carbocycles. The average molecular weight is 540 g/mol. The van der Waals surface area contributed by atoms with Crippen LogP contribution in [0.25, 0.3) is 0 Å². The number of likely N-dealkylation sites (tertiary alicyclic amines) is 1. The molecule has 4 rings (SSSR count). The van der Waals surface area contributed by atoms with Gasteiger partial charge >= 0.3 is 0 Å². The van der Waals surface area contributed by atoms with Gasteiger partial charge in [0.05, 0.1) is 24.7 Å². The maximum atomic E-state index is 10.7. The first-order chi connectivity index (χ1) is 18.7. The number of aliphatic hydroxyl groups excluding tert-OH is 1. The summed E-state index contributed by atoms with van der Waals surface area (Å²) in [4.78, 5) is 14.0. The average Bonchev–Trinajstić information content (AvgIpc) is 3.58. The van der Waals surface area contributed by atoms with Crippen LogP contribution in [0.3, 0.4) is 0 Å². The monoisotopic (exact) mass is 539 g/mol. The second-order valence-corrected chi connectivity index (χ2v) is 12.8. The molecule has 1 aromatic rings. The van der Waals surface area contributed by atoms with Crippen LogP contribution in [0.1, 0.15) is 65.9 Å². The number of benzene rings is 1. The van der Waals surface area contributed by atoms with Crippen molar-refractivity contribution in [3.63, 3.8) is 0 Å². The van der Waals surface area contributed by atoms with Gasteiger partial charge in [0.2, 0.25) is 0 Å². The highest BCUT2D eigenvalue weighted by atomic mass is 16.3. The molecule has 0 spiro atoms. The summed E-state index contributed by atoms with van der Waals surface area (Å²) in [5, 5.41) is 20.0. The van der Waals surface area contributed by atoms with Crippen LogP contribution >= 0.6 is 0 Å². The summed E-state index contributed by atoms with van der Waals surface area (Å²) in [6, 6.07) is 11.6.